The molecule has 6 nitrogen and oxygen atoms in total. The molecule has 0 saturated heterocycles. The van der Waals surface area contributed by atoms with Crippen LogP contribution in [-0.2, 0) is 6.42 Å². The van der Waals surface area contributed by atoms with Crippen molar-refractivity contribution in [3.05, 3.63) is 47.8 Å². The predicted octanol–water partition coefficient (Wildman–Crippen LogP) is 1.04. The maximum atomic E-state index is 11.7. The number of hydrogen-bond donors (Lipinski definition) is 2. The first-order valence-electron chi connectivity index (χ1n) is 5.92. The van der Waals surface area contributed by atoms with E-state index >= 15 is 0 Å². The molecule has 19 heavy (non-hydrogen) atoms. The summed E-state index contributed by atoms with van der Waals surface area (Å²) in [6.07, 6.45) is 6.45. The number of nitriles is 1. The number of hydrogen-bond acceptors (Lipinski definition) is 4. The summed E-state index contributed by atoms with van der Waals surface area (Å²) in [5.41, 5.74) is 0.756. The Labute approximate surface area is 110 Å². The van der Waals surface area contributed by atoms with E-state index in [4.69, 9.17) is 5.26 Å². The average Bonchev–Trinajstić information content (AvgIpc) is 2.96. The van der Waals surface area contributed by atoms with E-state index in [2.05, 4.69) is 20.3 Å². The highest BCUT2D eigenvalue weighted by Gasteiger charge is 2.06. The van der Waals surface area contributed by atoms with Crippen molar-refractivity contribution in [3.63, 3.8) is 0 Å². The molecule has 0 aliphatic carbocycles. The van der Waals surface area contributed by atoms with Gasteiger partial charge in [-0.25, -0.2) is 9.97 Å². The van der Waals surface area contributed by atoms with Crippen molar-refractivity contribution in [1.82, 2.24) is 20.3 Å². The first-order valence-corrected chi connectivity index (χ1v) is 5.92. The monoisotopic (exact) mass is 255 g/mol. The zero-order valence-corrected chi connectivity index (χ0v) is 10.3. The lowest BCUT2D eigenvalue weighted by Crippen LogP contribution is -2.25. The number of pyridine rings is 1. The molecule has 6 heteroatoms. The first kappa shape index (κ1) is 12.8. The van der Waals surface area contributed by atoms with Crippen LogP contribution in [0, 0.1) is 11.3 Å². The van der Waals surface area contributed by atoms with Gasteiger partial charge in [-0.1, -0.05) is 0 Å². The van der Waals surface area contributed by atoms with Gasteiger partial charge in [0.05, 0.1) is 5.56 Å². The molecule has 2 aromatic heterocycles. The standard InChI is InChI=1S/C13H13N5O/c14-8-10-3-4-11(18-9-10)13(19)17-5-1-2-12-15-6-7-16-12/h3-4,6-7,9H,1-2,5H2,(H,15,16)(H,17,19). The number of nitrogens with zero attached hydrogens (tertiary/aromatic N) is 3. The number of H-pyrrole nitrogens is 1. The molecular formula is C13H13N5O. The van der Waals surface area contributed by atoms with Crippen LogP contribution < -0.4 is 5.32 Å². The summed E-state index contributed by atoms with van der Waals surface area (Å²) in [7, 11) is 0. The molecule has 0 unspecified atom stereocenters. The second kappa shape index (κ2) is 6.31. The Morgan fingerprint density at radius 2 is 2.32 bits per heavy atom. The molecular weight excluding hydrogens is 242 g/mol. The average molecular weight is 255 g/mol. The van der Waals surface area contributed by atoms with Gasteiger partial charge in [0.2, 0.25) is 0 Å². The van der Waals surface area contributed by atoms with E-state index in [1.165, 1.54) is 6.20 Å². The Hall–Kier alpha value is -2.68. The summed E-state index contributed by atoms with van der Waals surface area (Å²) >= 11 is 0. The fourth-order valence-electron chi connectivity index (χ4n) is 1.58. The molecule has 96 valence electrons. The molecule has 2 N–H and O–H groups in total. The third-order valence-electron chi connectivity index (χ3n) is 2.56. The van der Waals surface area contributed by atoms with Gasteiger partial charge in [0.1, 0.15) is 17.6 Å². The summed E-state index contributed by atoms with van der Waals surface area (Å²) < 4.78 is 0. The molecule has 2 heterocycles. The zero-order valence-electron chi connectivity index (χ0n) is 10.3. The van der Waals surface area contributed by atoms with Crippen LogP contribution >= 0.6 is 0 Å². The second-order valence-electron chi connectivity index (χ2n) is 3.94. The summed E-state index contributed by atoms with van der Waals surface area (Å²) in [6.45, 7) is 0.557. The van der Waals surface area contributed by atoms with Gasteiger partial charge in [-0.15, -0.1) is 0 Å². The molecule has 1 amide bonds. The van der Waals surface area contributed by atoms with E-state index in [-0.39, 0.29) is 5.91 Å². The maximum absolute atomic E-state index is 11.7. The number of rotatable bonds is 5. The summed E-state index contributed by atoms with van der Waals surface area (Å²) in [6, 6.07) is 5.07. The van der Waals surface area contributed by atoms with Crippen molar-refractivity contribution in [1.29, 1.82) is 5.26 Å². The van der Waals surface area contributed by atoms with Gasteiger partial charge in [0.25, 0.3) is 5.91 Å². The van der Waals surface area contributed by atoms with Crippen molar-refractivity contribution < 1.29 is 4.79 Å². The number of aromatic nitrogens is 3. The highest BCUT2D eigenvalue weighted by Crippen LogP contribution is 1.99. The summed E-state index contributed by atoms with van der Waals surface area (Å²) in [5.74, 6) is 0.676. The van der Waals surface area contributed by atoms with Crippen LogP contribution in [-0.4, -0.2) is 27.4 Å². The fraction of sp³-hybridized carbons (Fsp3) is 0.231. The van der Waals surface area contributed by atoms with Crippen molar-refractivity contribution in [2.24, 2.45) is 0 Å². The highest BCUT2D eigenvalue weighted by molar-refractivity contribution is 5.92. The van der Waals surface area contributed by atoms with E-state index in [1.54, 1.807) is 24.5 Å². The van der Waals surface area contributed by atoms with E-state index in [9.17, 15) is 4.79 Å². The Morgan fingerprint density at radius 1 is 1.42 bits per heavy atom. The minimum Gasteiger partial charge on any atom is -0.351 e. The third-order valence-corrected chi connectivity index (χ3v) is 2.56. The molecule has 2 aromatic rings. The molecule has 0 fully saturated rings. The number of carbonyl (C=O) groups excluding carboxylic acids is 1. The molecule has 0 atom stereocenters. The molecule has 0 aliphatic rings. The minimum atomic E-state index is -0.232. The summed E-state index contributed by atoms with van der Waals surface area (Å²) in [4.78, 5) is 22.8. The number of aromatic amines is 1. The molecule has 0 radical (unpaired) electrons. The van der Waals surface area contributed by atoms with Gasteiger partial charge in [0.15, 0.2) is 0 Å². The van der Waals surface area contributed by atoms with Gasteiger partial charge < -0.3 is 10.3 Å². The van der Waals surface area contributed by atoms with Crippen LogP contribution in [0.25, 0.3) is 0 Å². The normalized spacial score (nSPS) is 9.84. The zero-order chi connectivity index (χ0) is 13.5. The molecule has 0 aromatic carbocycles. The van der Waals surface area contributed by atoms with Crippen LogP contribution in [0.4, 0.5) is 0 Å². The lowest BCUT2D eigenvalue weighted by Gasteiger charge is -2.03. The molecule has 0 saturated carbocycles. The van der Waals surface area contributed by atoms with Crippen LogP contribution in [0.1, 0.15) is 28.3 Å². The van der Waals surface area contributed by atoms with Crippen LogP contribution in [0.2, 0.25) is 0 Å². The largest absolute Gasteiger partial charge is 0.351 e. The number of imidazole rings is 1. The third kappa shape index (κ3) is 3.64. The topological polar surface area (TPSA) is 94.5 Å². The number of nitrogens with one attached hydrogen (secondary N) is 2. The van der Waals surface area contributed by atoms with E-state index in [0.29, 0.717) is 17.8 Å². The van der Waals surface area contributed by atoms with E-state index < -0.39 is 0 Å². The Kier molecular flexibility index (Phi) is 4.24. The smallest absolute Gasteiger partial charge is 0.269 e. The first-order chi connectivity index (χ1) is 9.29. The summed E-state index contributed by atoms with van der Waals surface area (Å²) in [5, 5.41) is 11.4. The van der Waals surface area contributed by atoms with Crippen molar-refractivity contribution in [3.8, 4) is 6.07 Å². The quantitative estimate of drug-likeness (QED) is 0.780. The number of carbonyl (C=O) groups is 1. The van der Waals surface area contributed by atoms with Gasteiger partial charge >= 0.3 is 0 Å². The predicted molar refractivity (Wildman–Crippen MR) is 68.2 cm³/mol. The molecule has 2 rings (SSSR count). The van der Waals surface area contributed by atoms with Gasteiger partial charge in [-0.3, -0.25) is 4.79 Å². The van der Waals surface area contributed by atoms with Crippen LogP contribution in [0.5, 0.6) is 0 Å². The fourth-order valence-corrected chi connectivity index (χ4v) is 1.58. The lowest BCUT2D eigenvalue weighted by molar-refractivity contribution is 0.0948. The molecule has 0 aliphatic heterocycles. The Balaban J connectivity index is 1.76. The van der Waals surface area contributed by atoms with Crippen molar-refractivity contribution in [2.45, 2.75) is 12.8 Å². The van der Waals surface area contributed by atoms with E-state index in [0.717, 1.165) is 18.7 Å². The van der Waals surface area contributed by atoms with Crippen LogP contribution in [0.3, 0.4) is 0 Å². The van der Waals surface area contributed by atoms with Gasteiger partial charge in [-0.2, -0.15) is 5.26 Å². The number of aryl methyl sites for hydroxylation is 1. The highest BCUT2D eigenvalue weighted by atomic mass is 16.1. The van der Waals surface area contributed by atoms with Crippen molar-refractivity contribution >= 4 is 5.91 Å². The molecule has 0 bridgehead atoms. The minimum absolute atomic E-state index is 0.232. The SMILES string of the molecule is N#Cc1ccc(C(=O)NCCCc2ncc[nH]2)nc1. The number of amides is 1. The van der Waals surface area contributed by atoms with Gasteiger partial charge in [-0.05, 0) is 18.6 Å². The van der Waals surface area contributed by atoms with Gasteiger partial charge in [0, 0.05) is 31.6 Å². The molecule has 0 spiro atoms. The maximum Gasteiger partial charge on any atom is 0.269 e. The Morgan fingerprint density at radius 3 is 2.95 bits per heavy atom. The van der Waals surface area contributed by atoms with E-state index in [1.807, 2.05) is 6.07 Å². The van der Waals surface area contributed by atoms with Crippen LogP contribution in [0.15, 0.2) is 30.7 Å². The van der Waals surface area contributed by atoms with Crippen molar-refractivity contribution in [2.75, 3.05) is 6.54 Å². The second-order valence-corrected chi connectivity index (χ2v) is 3.94. The lowest BCUT2D eigenvalue weighted by atomic mass is 10.2. The Bertz CT molecular complexity index is 568.